The van der Waals surface area contributed by atoms with Crippen molar-refractivity contribution in [2.24, 2.45) is 0 Å². The Balaban J connectivity index is 1.84. The fourth-order valence-corrected chi connectivity index (χ4v) is 3.69. The first-order chi connectivity index (χ1) is 14.8. The highest BCUT2D eigenvalue weighted by Gasteiger charge is 2.17. The molecule has 0 fully saturated rings. The maximum atomic E-state index is 12.9. The monoisotopic (exact) mass is 433 g/mol. The van der Waals surface area contributed by atoms with Gasteiger partial charge in [-0.2, -0.15) is 0 Å². The summed E-state index contributed by atoms with van der Waals surface area (Å²) in [7, 11) is 0. The third kappa shape index (κ3) is 4.15. The largest absolute Gasteiger partial charge is 0.478 e. The van der Waals surface area contributed by atoms with Crippen LogP contribution in [-0.4, -0.2) is 20.5 Å². The zero-order valence-electron chi connectivity index (χ0n) is 17.0. The number of benzene rings is 2. The Bertz CT molecular complexity index is 1350. The number of aromatic carboxylic acids is 1. The highest BCUT2D eigenvalue weighted by molar-refractivity contribution is 6.30. The maximum Gasteiger partial charge on any atom is 0.337 e. The Kier molecular flexibility index (Phi) is 5.48. The van der Waals surface area contributed by atoms with Crippen LogP contribution in [0.15, 0.2) is 71.7 Å². The molecule has 0 aliphatic heterocycles. The van der Waals surface area contributed by atoms with Gasteiger partial charge in [0.2, 0.25) is 0 Å². The second kappa shape index (κ2) is 8.24. The average molecular weight is 434 g/mol. The van der Waals surface area contributed by atoms with Gasteiger partial charge in [0, 0.05) is 34.1 Å². The molecule has 31 heavy (non-hydrogen) atoms. The molecule has 2 aromatic heterocycles. The van der Waals surface area contributed by atoms with Crippen molar-refractivity contribution in [3.05, 3.63) is 98.9 Å². The molecule has 2 heterocycles. The van der Waals surface area contributed by atoms with Gasteiger partial charge in [-0.25, -0.2) is 9.78 Å². The van der Waals surface area contributed by atoms with E-state index in [9.17, 15) is 14.7 Å². The van der Waals surface area contributed by atoms with Gasteiger partial charge < -0.3 is 10.4 Å². The number of carboxylic acid groups (broad SMARTS) is 1. The highest BCUT2D eigenvalue weighted by atomic mass is 35.5. The van der Waals surface area contributed by atoms with Crippen LogP contribution in [0.4, 0.5) is 5.69 Å². The fourth-order valence-electron chi connectivity index (χ4n) is 3.56. The minimum atomic E-state index is -1.01. The number of para-hydroxylation sites is 1. The Morgan fingerprint density at radius 1 is 1.13 bits per heavy atom. The number of aromatic nitrogens is 2. The van der Waals surface area contributed by atoms with Crippen LogP contribution in [0.25, 0.3) is 16.9 Å². The summed E-state index contributed by atoms with van der Waals surface area (Å²) < 4.78 is 1.52. The van der Waals surface area contributed by atoms with E-state index in [0.717, 1.165) is 16.7 Å². The van der Waals surface area contributed by atoms with Crippen LogP contribution < -0.4 is 10.9 Å². The van der Waals surface area contributed by atoms with E-state index >= 15 is 0 Å². The number of nitrogens with zero attached hydrogens (tertiary/aromatic N) is 2. The minimum absolute atomic E-state index is 0.179. The topological polar surface area (TPSA) is 83.7 Å². The number of fused-ring (bicyclic) bond motifs is 1. The van der Waals surface area contributed by atoms with Gasteiger partial charge in [-0.15, -0.1) is 0 Å². The van der Waals surface area contributed by atoms with E-state index in [1.165, 1.54) is 10.5 Å². The molecule has 0 spiro atoms. The van der Waals surface area contributed by atoms with E-state index in [-0.39, 0.29) is 17.2 Å². The van der Waals surface area contributed by atoms with Gasteiger partial charge in [0.25, 0.3) is 5.56 Å². The summed E-state index contributed by atoms with van der Waals surface area (Å²) in [6.45, 7) is 3.81. The summed E-state index contributed by atoms with van der Waals surface area (Å²) in [5.41, 5.74) is 4.00. The molecule has 0 amide bonds. The van der Waals surface area contributed by atoms with Gasteiger partial charge >= 0.3 is 5.97 Å². The number of rotatable bonds is 5. The molecular weight excluding hydrogens is 414 g/mol. The molecule has 0 saturated carbocycles. The van der Waals surface area contributed by atoms with Crippen LogP contribution in [-0.2, 0) is 0 Å². The molecule has 7 heteroatoms. The number of anilines is 1. The number of hydrogen-bond acceptors (Lipinski definition) is 4. The Morgan fingerprint density at radius 3 is 2.55 bits per heavy atom. The van der Waals surface area contributed by atoms with Crippen LogP contribution in [0, 0.1) is 6.92 Å². The molecule has 0 bridgehead atoms. The van der Waals surface area contributed by atoms with E-state index in [1.54, 1.807) is 42.6 Å². The molecule has 2 aromatic carbocycles. The SMILES string of the molecule is Cc1cc(C(C)Nc2ccccc2C(=O)O)c2nc(-c3ccc(Cl)cc3)cc(=O)n2c1. The van der Waals surface area contributed by atoms with Crippen LogP contribution >= 0.6 is 11.6 Å². The van der Waals surface area contributed by atoms with Crippen molar-refractivity contribution in [1.29, 1.82) is 0 Å². The smallest absolute Gasteiger partial charge is 0.337 e. The zero-order chi connectivity index (χ0) is 22.1. The van der Waals surface area contributed by atoms with Gasteiger partial charge in [-0.05, 0) is 49.7 Å². The van der Waals surface area contributed by atoms with Crippen molar-refractivity contribution in [3.8, 4) is 11.3 Å². The second-order valence-corrected chi connectivity index (χ2v) is 7.81. The van der Waals surface area contributed by atoms with Crippen molar-refractivity contribution in [1.82, 2.24) is 9.38 Å². The van der Waals surface area contributed by atoms with Crippen molar-refractivity contribution < 1.29 is 9.90 Å². The Hall–Kier alpha value is -3.64. The van der Waals surface area contributed by atoms with Crippen LogP contribution in [0.3, 0.4) is 0 Å². The summed E-state index contributed by atoms with van der Waals surface area (Å²) >= 11 is 5.99. The van der Waals surface area contributed by atoms with Crippen molar-refractivity contribution >= 4 is 28.9 Å². The molecule has 0 saturated heterocycles. The van der Waals surface area contributed by atoms with Crippen LogP contribution in [0.5, 0.6) is 0 Å². The quantitative estimate of drug-likeness (QED) is 0.452. The normalized spacial score (nSPS) is 12.0. The first kappa shape index (κ1) is 20.6. The van der Waals surface area contributed by atoms with Crippen molar-refractivity contribution in [2.75, 3.05) is 5.32 Å². The average Bonchev–Trinajstić information content (AvgIpc) is 2.74. The second-order valence-electron chi connectivity index (χ2n) is 7.37. The number of carbonyl (C=O) groups is 1. The molecule has 0 radical (unpaired) electrons. The number of halogens is 1. The summed E-state index contributed by atoms with van der Waals surface area (Å²) in [6, 6.07) is 17.0. The maximum absolute atomic E-state index is 12.9. The number of aryl methyl sites for hydroxylation is 1. The molecule has 4 aromatic rings. The van der Waals surface area contributed by atoms with E-state index in [4.69, 9.17) is 16.6 Å². The molecular formula is C24H20ClN3O3. The molecule has 0 aliphatic rings. The molecule has 1 atom stereocenters. The van der Waals surface area contributed by atoms with Crippen molar-refractivity contribution in [3.63, 3.8) is 0 Å². The standard InChI is InChI=1S/C24H20ClN3O3/c1-14-11-19(15(2)26-20-6-4-3-5-18(20)24(30)31)23-27-21(12-22(29)28(23)13-14)16-7-9-17(25)10-8-16/h3-13,15,26H,1-2H3,(H,30,31). The summed E-state index contributed by atoms with van der Waals surface area (Å²) in [5, 5.41) is 13.3. The lowest BCUT2D eigenvalue weighted by Crippen LogP contribution is -2.19. The first-order valence-corrected chi connectivity index (χ1v) is 10.1. The molecule has 156 valence electrons. The van der Waals surface area contributed by atoms with Gasteiger partial charge in [-0.1, -0.05) is 35.9 Å². The number of nitrogens with one attached hydrogen (secondary N) is 1. The van der Waals surface area contributed by atoms with E-state index in [1.807, 2.05) is 32.0 Å². The predicted molar refractivity (Wildman–Crippen MR) is 122 cm³/mol. The van der Waals surface area contributed by atoms with E-state index in [2.05, 4.69) is 5.32 Å². The first-order valence-electron chi connectivity index (χ1n) is 9.72. The minimum Gasteiger partial charge on any atom is -0.478 e. The zero-order valence-corrected chi connectivity index (χ0v) is 17.7. The number of pyridine rings is 1. The third-order valence-electron chi connectivity index (χ3n) is 5.06. The number of carboxylic acids is 1. The van der Waals surface area contributed by atoms with Gasteiger partial charge in [0.05, 0.1) is 17.3 Å². The predicted octanol–water partition coefficient (Wildman–Crippen LogP) is 5.19. The fraction of sp³-hybridized carbons (Fsp3) is 0.125. The van der Waals surface area contributed by atoms with E-state index in [0.29, 0.717) is 22.1 Å². The molecule has 6 nitrogen and oxygen atoms in total. The summed E-state index contributed by atoms with van der Waals surface area (Å²) in [5.74, 6) is -1.01. The Labute approximate surface area is 183 Å². The van der Waals surface area contributed by atoms with Crippen molar-refractivity contribution in [2.45, 2.75) is 19.9 Å². The third-order valence-corrected chi connectivity index (χ3v) is 5.31. The Morgan fingerprint density at radius 2 is 1.84 bits per heavy atom. The highest BCUT2D eigenvalue weighted by Crippen LogP contribution is 2.27. The lowest BCUT2D eigenvalue weighted by Gasteiger charge is -2.20. The lowest BCUT2D eigenvalue weighted by atomic mass is 10.1. The van der Waals surface area contributed by atoms with Gasteiger partial charge in [-0.3, -0.25) is 9.20 Å². The number of hydrogen-bond donors (Lipinski definition) is 2. The van der Waals surface area contributed by atoms with Crippen LogP contribution in [0.1, 0.15) is 34.5 Å². The molecule has 4 rings (SSSR count). The van der Waals surface area contributed by atoms with Gasteiger partial charge in [0.1, 0.15) is 5.65 Å². The van der Waals surface area contributed by atoms with Crippen LogP contribution in [0.2, 0.25) is 5.02 Å². The summed E-state index contributed by atoms with van der Waals surface area (Å²) in [4.78, 5) is 29.2. The lowest BCUT2D eigenvalue weighted by molar-refractivity contribution is 0.0698. The molecule has 2 N–H and O–H groups in total. The molecule has 0 aliphatic carbocycles. The summed E-state index contributed by atoms with van der Waals surface area (Å²) in [6.07, 6.45) is 1.75. The van der Waals surface area contributed by atoms with E-state index < -0.39 is 5.97 Å². The molecule has 1 unspecified atom stereocenters. The van der Waals surface area contributed by atoms with Gasteiger partial charge in [0.15, 0.2) is 0 Å².